The molecule has 24 heavy (non-hydrogen) atoms. The summed E-state index contributed by atoms with van der Waals surface area (Å²) in [5.74, 6) is -0.0516. The van der Waals surface area contributed by atoms with Crippen LogP contribution in [0, 0.1) is 6.92 Å². The Kier molecular flexibility index (Phi) is 4.10. The van der Waals surface area contributed by atoms with Crippen LogP contribution >= 0.6 is 0 Å². The van der Waals surface area contributed by atoms with Gasteiger partial charge < -0.3 is 4.74 Å². The first-order chi connectivity index (χ1) is 11.3. The van der Waals surface area contributed by atoms with Crippen LogP contribution in [0.4, 0.5) is 0 Å². The van der Waals surface area contributed by atoms with E-state index in [0.29, 0.717) is 11.6 Å². The number of cyclic esters (lactones) is 1. The van der Waals surface area contributed by atoms with Crippen LogP contribution < -0.4 is 0 Å². The first kappa shape index (κ1) is 16.2. The molecule has 0 amide bonds. The summed E-state index contributed by atoms with van der Waals surface area (Å²) in [5, 5.41) is 0. The molecule has 2 aromatic carbocycles. The number of carbonyl (C=O) groups is 1. The van der Waals surface area contributed by atoms with Crippen molar-refractivity contribution in [3.63, 3.8) is 0 Å². The van der Waals surface area contributed by atoms with Crippen molar-refractivity contribution in [2.75, 3.05) is 0 Å². The third-order valence-corrected chi connectivity index (χ3v) is 4.00. The Morgan fingerprint density at radius 3 is 2.17 bits per heavy atom. The van der Waals surface area contributed by atoms with Crippen LogP contribution in [0.2, 0.25) is 0 Å². The Morgan fingerprint density at radius 2 is 1.58 bits per heavy atom. The number of nitrogens with zero attached hydrogens (tertiary/aromatic N) is 1. The third-order valence-electron chi connectivity index (χ3n) is 4.00. The van der Waals surface area contributed by atoms with Crippen LogP contribution in [0.3, 0.4) is 0 Å². The van der Waals surface area contributed by atoms with Crippen LogP contribution in [0.1, 0.15) is 43.0 Å². The number of benzene rings is 2. The van der Waals surface area contributed by atoms with E-state index >= 15 is 0 Å². The van der Waals surface area contributed by atoms with Gasteiger partial charge in [-0.25, -0.2) is 9.79 Å². The Bertz CT molecular complexity index is 820. The first-order valence-corrected chi connectivity index (χ1v) is 8.03. The van der Waals surface area contributed by atoms with E-state index in [1.165, 1.54) is 11.1 Å². The van der Waals surface area contributed by atoms with E-state index < -0.39 is 5.97 Å². The number of hydrogen-bond acceptors (Lipinski definition) is 3. The van der Waals surface area contributed by atoms with Gasteiger partial charge in [0, 0.05) is 5.56 Å². The van der Waals surface area contributed by atoms with Gasteiger partial charge in [-0.1, -0.05) is 62.7 Å². The molecule has 1 aliphatic heterocycles. The molecule has 0 aromatic heterocycles. The number of aryl methyl sites for hydroxylation is 1. The number of rotatable bonds is 2. The van der Waals surface area contributed by atoms with Gasteiger partial charge in [0.2, 0.25) is 5.90 Å². The summed E-state index contributed by atoms with van der Waals surface area (Å²) in [6.45, 7) is 8.52. The summed E-state index contributed by atoms with van der Waals surface area (Å²) >= 11 is 0. The molecule has 0 spiro atoms. The van der Waals surface area contributed by atoms with Crippen molar-refractivity contribution in [2.45, 2.75) is 33.1 Å². The van der Waals surface area contributed by atoms with Gasteiger partial charge in [0.15, 0.2) is 5.70 Å². The molecule has 3 rings (SSSR count). The minimum Gasteiger partial charge on any atom is -0.402 e. The minimum absolute atomic E-state index is 0.0865. The highest BCUT2D eigenvalue weighted by Crippen LogP contribution is 2.24. The largest absolute Gasteiger partial charge is 0.402 e. The van der Waals surface area contributed by atoms with Gasteiger partial charge in [-0.15, -0.1) is 0 Å². The van der Waals surface area contributed by atoms with Crippen molar-refractivity contribution >= 4 is 17.9 Å². The topological polar surface area (TPSA) is 38.7 Å². The molecule has 122 valence electrons. The molecule has 3 nitrogen and oxygen atoms in total. The molecule has 0 unspecified atom stereocenters. The average molecular weight is 319 g/mol. The Labute approximate surface area is 142 Å². The third kappa shape index (κ3) is 3.46. The van der Waals surface area contributed by atoms with Crippen LogP contribution in [0.15, 0.2) is 59.2 Å². The maximum absolute atomic E-state index is 12.1. The molecule has 1 heterocycles. The van der Waals surface area contributed by atoms with Crippen molar-refractivity contribution in [1.82, 2.24) is 0 Å². The van der Waals surface area contributed by atoms with Crippen molar-refractivity contribution < 1.29 is 9.53 Å². The molecule has 0 atom stereocenters. The number of aliphatic imine (C=N–C) groups is 1. The lowest BCUT2D eigenvalue weighted by atomic mass is 9.87. The summed E-state index contributed by atoms with van der Waals surface area (Å²) in [5.41, 5.74) is 4.56. The molecule has 0 saturated heterocycles. The van der Waals surface area contributed by atoms with Gasteiger partial charge in [0.25, 0.3) is 0 Å². The fourth-order valence-corrected chi connectivity index (χ4v) is 2.47. The molecular weight excluding hydrogens is 298 g/mol. The van der Waals surface area contributed by atoms with Gasteiger partial charge in [-0.2, -0.15) is 0 Å². The SMILES string of the molecule is Cc1ccc(C=C2N=C(c3ccc(C(C)(C)C)cc3)OC2=O)cc1. The zero-order chi connectivity index (χ0) is 17.3. The second-order valence-corrected chi connectivity index (χ2v) is 7.07. The van der Waals surface area contributed by atoms with Crippen LogP contribution in [-0.4, -0.2) is 11.9 Å². The van der Waals surface area contributed by atoms with E-state index in [0.717, 1.165) is 11.1 Å². The summed E-state index contributed by atoms with van der Waals surface area (Å²) in [6.07, 6.45) is 1.75. The summed E-state index contributed by atoms with van der Waals surface area (Å²) in [4.78, 5) is 16.4. The van der Waals surface area contributed by atoms with Crippen molar-refractivity contribution in [3.8, 4) is 0 Å². The molecule has 3 heteroatoms. The normalized spacial score (nSPS) is 16.2. The van der Waals surface area contributed by atoms with E-state index in [-0.39, 0.29) is 5.41 Å². The highest BCUT2D eigenvalue weighted by atomic mass is 16.6. The second-order valence-electron chi connectivity index (χ2n) is 7.07. The lowest BCUT2D eigenvalue weighted by Crippen LogP contribution is -2.11. The van der Waals surface area contributed by atoms with Crippen LogP contribution in [0.25, 0.3) is 6.08 Å². The molecule has 0 saturated carbocycles. The Hall–Kier alpha value is -2.68. The Morgan fingerprint density at radius 1 is 0.958 bits per heavy atom. The van der Waals surface area contributed by atoms with Gasteiger partial charge in [-0.3, -0.25) is 0 Å². The summed E-state index contributed by atoms with van der Waals surface area (Å²) in [6, 6.07) is 15.9. The molecule has 0 radical (unpaired) electrons. The lowest BCUT2D eigenvalue weighted by Gasteiger charge is -2.18. The second kappa shape index (κ2) is 6.08. The van der Waals surface area contributed by atoms with E-state index in [9.17, 15) is 4.79 Å². The first-order valence-electron chi connectivity index (χ1n) is 8.03. The van der Waals surface area contributed by atoms with Crippen LogP contribution in [-0.2, 0) is 14.9 Å². The van der Waals surface area contributed by atoms with Gasteiger partial charge in [0.1, 0.15) is 0 Å². The molecule has 0 bridgehead atoms. The van der Waals surface area contributed by atoms with Crippen molar-refractivity contribution in [1.29, 1.82) is 0 Å². The molecule has 2 aromatic rings. The lowest BCUT2D eigenvalue weighted by molar-refractivity contribution is -0.129. The summed E-state index contributed by atoms with van der Waals surface area (Å²) < 4.78 is 5.32. The molecular formula is C21H21NO2. The van der Waals surface area contributed by atoms with E-state index in [4.69, 9.17) is 4.74 Å². The summed E-state index contributed by atoms with van der Waals surface area (Å²) in [7, 11) is 0. The highest BCUT2D eigenvalue weighted by molar-refractivity contribution is 6.12. The quantitative estimate of drug-likeness (QED) is 0.597. The fourth-order valence-electron chi connectivity index (χ4n) is 2.47. The predicted octanol–water partition coefficient (Wildman–Crippen LogP) is 4.64. The highest BCUT2D eigenvalue weighted by Gasteiger charge is 2.24. The van der Waals surface area contributed by atoms with Gasteiger partial charge in [-0.05, 0) is 41.7 Å². The standard InChI is InChI=1S/C21H21NO2/c1-14-5-7-15(8-6-14)13-18-20(23)24-19(22-18)16-9-11-17(12-10-16)21(2,3)4/h5-13H,1-4H3. The maximum atomic E-state index is 12.1. The molecule has 0 N–H and O–H groups in total. The number of hydrogen-bond donors (Lipinski definition) is 0. The monoisotopic (exact) mass is 319 g/mol. The zero-order valence-corrected chi connectivity index (χ0v) is 14.5. The zero-order valence-electron chi connectivity index (χ0n) is 14.5. The average Bonchev–Trinajstić information content (AvgIpc) is 2.90. The van der Waals surface area contributed by atoms with E-state index in [1.807, 2.05) is 55.5 Å². The smallest absolute Gasteiger partial charge is 0.363 e. The molecule has 1 aliphatic rings. The van der Waals surface area contributed by atoms with E-state index in [2.05, 4.69) is 25.8 Å². The minimum atomic E-state index is -0.412. The van der Waals surface area contributed by atoms with Crippen molar-refractivity contribution in [3.05, 3.63) is 76.5 Å². The maximum Gasteiger partial charge on any atom is 0.363 e. The number of esters is 1. The van der Waals surface area contributed by atoms with Crippen molar-refractivity contribution in [2.24, 2.45) is 4.99 Å². The van der Waals surface area contributed by atoms with Gasteiger partial charge in [0.05, 0.1) is 0 Å². The van der Waals surface area contributed by atoms with Gasteiger partial charge >= 0.3 is 5.97 Å². The predicted molar refractivity (Wildman–Crippen MR) is 96.9 cm³/mol. The number of carbonyl (C=O) groups excluding carboxylic acids is 1. The number of ether oxygens (including phenoxy) is 1. The fraction of sp³-hybridized carbons (Fsp3) is 0.238. The van der Waals surface area contributed by atoms with E-state index in [1.54, 1.807) is 6.08 Å². The molecule has 0 fully saturated rings. The van der Waals surface area contributed by atoms with Crippen LogP contribution in [0.5, 0.6) is 0 Å². The Balaban J connectivity index is 1.87. The molecule has 0 aliphatic carbocycles.